The van der Waals surface area contributed by atoms with Crippen LogP contribution in [0.25, 0.3) is 0 Å². The number of carboxylic acid groups (broad SMARTS) is 1. The van der Waals surface area contributed by atoms with E-state index in [0.29, 0.717) is 12.0 Å². The molecule has 0 aliphatic heterocycles. The number of aryl methyl sites for hydroxylation is 2. The molecule has 0 spiro atoms. The average Bonchev–Trinajstić information content (AvgIpc) is 2.32. The Kier molecular flexibility index (Phi) is 5.62. The Bertz CT molecular complexity index is 463. The van der Waals surface area contributed by atoms with Crippen molar-refractivity contribution in [3.63, 3.8) is 0 Å². The second kappa shape index (κ2) is 6.99. The number of aromatic nitrogens is 1. The lowest BCUT2D eigenvalue weighted by Gasteiger charge is -2.11. The summed E-state index contributed by atoms with van der Waals surface area (Å²) in [6.45, 7) is 4.76. The topological polar surface area (TPSA) is 59.3 Å². The molecule has 1 aromatic heterocycles. The molecule has 100 valence electrons. The van der Waals surface area contributed by atoms with Crippen LogP contribution in [0.15, 0.2) is 16.9 Å². The summed E-state index contributed by atoms with van der Waals surface area (Å²) in [4.78, 5) is 22.7. The van der Waals surface area contributed by atoms with Gasteiger partial charge in [-0.05, 0) is 25.8 Å². The fourth-order valence-electron chi connectivity index (χ4n) is 1.95. The first-order valence-corrected chi connectivity index (χ1v) is 6.47. The van der Waals surface area contributed by atoms with Gasteiger partial charge >= 0.3 is 5.97 Å². The van der Waals surface area contributed by atoms with E-state index in [2.05, 4.69) is 6.92 Å². The third-order valence-corrected chi connectivity index (χ3v) is 3.06. The van der Waals surface area contributed by atoms with Crippen LogP contribution in [-0.4, -0.2) is 15.6 Å². The maximum absolute atomic E-state index is 12.2. The van der Waals surface area contributed by atoms with E-state index < -0.39 is 5.97 Å². The predicted octanol–water partition coefficient (Wildman–Crippen LogP) is 2.36. The van der Waals surface area contributed by atoms with Crippen molar-refractivity contribution < 1.29 is 9.90 Å². The number of aliphatic carboxylic acids is 1. The van der Waals surface area contributed by atoms with Crippen molar-refractivity contribution in [2.24, 2.45) is 0 Å². The van der Waals surface area contributed by atoms with Gasteiger partial charge in [-0.2, -0.15) is 0 Å². The first-order valence-electron chi connectivity index (χ1n) is 6.47. The lowest BCUT2D eigenvalue weighted by molar-refractivity contribution is -0.136. The minimum absolute atomic E-state index is 0.00720. The summed E-state index contributed by atoms with van der Waals surface area (Å²) < 4.78 is 1.76. The van der Waals surface area contributed by atoms with E-state index in [4.69, 9.17) is 5.11 Å². The van der Waals surface area contributed by atoms with E-state index in [1.54, 1.807) is 10.6 Å². The van der Waals surface area contributed by atoms with Crippen LogP contribution in [0.4, 0.5) is 0 Å². The largest absolute Gasteiger partial charge is 0.481 e. The quantitative estimate of drug-likeness (QED) is 0.757. The molecule has 4 heteroatoms. The standard InChI is InChI=1S/C14H21NO3/c1-3-4-5-10-15-11(2)6-7-12(14(15)18)8-9-13(16)17/h6-7H,3-5,8-10H2,1-2H3,(H,16,17). The highest BCUT2D eigenvalue weighted by molar-refractivity contribution is 5.67. The van der Waals surface area contributed by atoms with E-state index in [1.807, 2.05) is 13.0 Å². The molecule has 0 fully saturated rings. The monoisotopic (exact) mass is 251 g/mol. The number of hydrogen-bond acceptors (Lipinski definition) is 2. The van der Waals surface area contributed by atoms with Crippen LogP contribution in [0.3, 0.4) is 0 Å². The van der Waals surface area contributed by atoms with Crippen LogP contribution < -0.4 is 5.56 Å². The molecule has 1 aromatic rings. The minimum Gasteiger partial charge on any atom is -0.481 e. The number of hydrogen-bond donors (Lipinski definition) is 1. The number of pyridine rings is 1. The maximum Gasteiger partial charge on any atom is 0.303 e. The van der Waals surface area contributed by atoms with Crippen LogP contribution in [0.1, 0.15) is 43.9 Å². The second-order valence-electron chi connectivity index (χ2n) is 4.56. The molecule has 18 heavy (non-hydrogen) atoms. The number of carbonyl (C=O) groups is 1. The van der Waals surface area contributed by atoms with Gasteiger partial charge in [0.2, 0.25) is 0 Å². The summed E-state index contributed by atoms with van der Waals surface area (Å²) in [5.41, 5.74) is 1.50. The van der Waals surface area contributed by atoms with Crippen molar-refractivity contribution in [2.75, 3.05) is 0 Å². The lowest BCUT2D eigenvalue weighted by atomic mass is 10.1. The van der Waals surface area contributed by atoms with Gasteiger partial charge in [-0.1, -0.05) is 25.8 Å². The molecule has 0 atom stereocenters. The Hall–Kier alpha value is -1.58. The van der Waals surface area contributed by atoms with Crippen molar-refractivity contribution >= 4 is 5.97 Å². The van der Waals surface area contributed by atoms with Crippen molar-refractivity contribution in [1.29, 1.82) is 0 Å². The zero-order valence-electron chi connectivity index (χ0n) is 11.1. The van der Waals surface area contributed by atoms with E-state index >= 15 is 0 Å². The maximum atomic E-state index is 12.2. The van der Waals surface area contributed by atoms with Gasteiger partial charge in [0.1, 0.15) is 0 Å². The highest BCUT2D eigenvalue weighted by atomic mass is 16.4. The molecule has 0 unspecified atom stereocenters. The molecule has 1 heterocycles. The Morgan fingerprint density at radius 3 is 2.67 bits per heavy atom. The third kappa shape index (κ3) is 4.02. The molecule has 0 amide bonds. The second-order valence-corrected chi connectivity index (χ2v) is 4.56. The molecule has 0 radical (unpaired) electrons. The normalized spacial score (nSPS) is 10.6. The molecule has 0 bridgehead atoms. The predicted molar refractivity (Wildman–Crippen MR) is 70.9 cm³/mol. The minimum atomic E-state index is -0.868. The zero-order valence-corrected chi connectivity index (χ0v) is 11.1. The molecular weight excluding hydrogens is 230 g/mol. The summed E-state index contributed by atoms with van der Waals surface area (Å²) in [5, 5.41) is 8.65. The van der Waals surface area contributed by atoms with Crippen molar-refractivity contribution in [2.45, 2.75) is 52.5 Å². The van der Waals surface area contributed by atoms with E-state index in [0.717, 1.165) is 31.5 Å². The third-order valence-electron chi connectivity index (χ3n) is 3.06. The summed E-state index contributed by atoms with van der Waals surface area (Å²) >= 11 is 0. The fraction of sp³-hybridized carbons (Fsp3) is 0.571. The van der Waals surface area contributed by atoms with Gasteiger partial charge in [0.05, 0.1) is 0 Å². The number of unbranched alkanes of at least 4 members (excludes halogenated alkanes) is 2. The van der Waals surface area contributed by atoms with Crippen LogP contribution in [0.5, 0.6) is 0 Å². The molecule has 1 rings (SSSR count). The molecule has 0 aliphatic rings. The number of nitrogens with zero attached hydrogens (tertiary/aromatic N) is 1. The fourth-order valence-corrected chi connectivity index (χ4v) is 1.95. The molecular formula is C14H21NO3. The highest BCUT2D eigenvalue weighted by Gasteiger charge is 2.07. The number of rotatable bonds is 7. The summed E-state index contributed by atoms with van der Waals surface area (Å²) in [7, 11) is 0. The Balaban J connectivity index is 2.85. The van der Waals surface area contributed by atoms with Gasteiger partial charge in [-0.3, -0.25) is 9.59 Å². The summed E-state index contributed by atoms with van der Waals surface area (Å²) in [6, 6.07) is 3.64. The SMILES string of the molecule is CCCCCn1c(C)ccc(CCC(=O)O)c1=O. The molecule has 0 aliphatic carbocycles. The van der Waals surface area contributed by atoms with Gasteiger partial charge in [0, 0.05) is 24.2 Å². The summed E-state index contributed by atoms with van der Waals surface area (Å²) in [5.74, 6) is -0.868. The van der Waals surface area contributed by atoms with Gasteiger partial charge in [0.15, 0.2) is 0 Å². The first-order chi connectivity index (χ1) is 8.56. The molecule has 0 saturated carbocycles. The van der Waals surface area contributed by atoms with Crippen LogP contribution in [0.2, 0.25) is 0 Å². The van der Waals surface area contributed by atoms with Crippen LogP contribution in [-0.2, 0) is 17.8 Å². The smallest absolute Gasteiger partial charge is 0.303 e. The van der Waals surface area contributed by atoms with Gasteiger partial charge in [-0.15, -0.1) is 0 Å². The van der Waals surface area contributed by atoms with Crippen molar-refractivity contribution in [1.82, 2.24) is 4.57 Å². The van der Waals surface area contributed by atoms with Crippen LogP contribution >= 0.6 is 0 Å². The molecule has 1 N–H and O–H groups in total. The van der Waals surface area contributed by atoms with Crippen LogP contribution in [0, 0.1) is 6.92 Å². The molecule has 0 aromatic carbocycles. The summed E-state index contributed by atoms with van der Waals surface area (Å²) in [6.07, 6.45) is 3.52. The Morgan fingerprint density at radius 1 is 1.33 bits per heavy atom. The van der Waals surface area contributed by atoms with E-state index in [9.17, 15) is 9.59 Å². The zero-order chi connectivity index (χ0) is 13.5. The molecule has 4 nitrogen and oxygen atoms in total. The number of carboxylic acids is 1. The van der Waals surface area contributed by atoms with Gasteiger partial charge < -0.3 is 9.67 Å². The van der Waals surface area contributed by atoms with Gasteiger partial charge in [-0.25, -0.2) is 0 Å². The van der Waals surface area contributed by atoms with E-state index in [1.165, 1.54) is 0 Å². The molecule has 0 saturated heterocycles. The van der Waals surface area contributed by atoms with Crippen molar-refractivity contribution in [3.05, 3.63) is 33.7 Å². The lowest BCUT2D eigenvalue weighted by Crippen LogP contribution is -2.26. The van der Waals surface area contributed by atoms with Crippen molar-refractivity contribution in [3.8, 4) is 0 Å². The highest BCUT2D eigenvalue weighted by Crippen LogP contribution is 2.04. The first kappa shape index (κ1) is 14.5. The van der Waals surface area contributed by atoms with Gasteiger partial charge in [0.25, 0.3) is 5.56 Å². The average molecular weight is 251 g/mol. The Labute approximate surface area is 107 Å². The van der Waals surface area contributed by atoms with E-state index in [-0.39, 0.29) is 12.0 Å². The Morgan fingerprint density at radius 2 is 2.06 bits per heavy atom.